The summed E-state index contributed by atoms with van der Waals surface area (Å²) in [6.45, 7) is 6.07. The third-order valence-electron chi connectivity index (χ3n) is 2.92. The zero-order chi connectivity index (χ0) is 13.7. The molecule has 18 heavy (non-hydrogen) atoms. The Morgan fingerprint density at radius 2 is 2.06 bits per heavy atom. The molecule has 98 valence electrons. The summed E-state index contributed by atoms with van der Waals surface area (Å²) < 4.78 is 0. The maximum absolute atomic E-state index is 11.7. The number of nitrogens with one attached hydrogen (secondary N) is 1. The third kappa shape index (κ3) is 3.84. The van der Waals surface area contributed by atoms with Gasteiger partial charge in [0.05, 0.1) is 17.8 Å². The van der Waals surface area contributed by atoms with E-state index in [1.54, 1.807) is 0 Å². The molecule has 1 atom stereocenters. The molecule has 0 aliphatic heterocycles. The molecule has 5 nitrogen and oxygen atoms in total. The van der Waals surface area contributed by atoms with Crippen molar-refractivity contribution in [1.29, 1.82) is 0 Å². The highest BCUT2D eigenvalue weighted by Gasteiger charge is 2.16. The average molecular weight is 250 g/mol. The molecular formula is C13H18N2O3. The smallest absolute Gasteiger partial charge is 0.335 e. The molecule has 0 aliphatic rings. The maximum Gasteiger partial charge on any atom is 0.335 e. The summed E-state index contributed by atoms with van der Waals surface area (Å²) in [7, 11) is 0. The van der Waals surface area contributed by atoms with Crippen LogP contribution in [0.1, 0.15) is 36.8 Å². The summed E-state index contributed by atoms with van der Waals surface area (Å²) in [6.07, 6.45) is 1.43. The van der Waals surface area contributed by atoms with Crippen molar-refractivity contribution in [3.8, 4) is 0 Å². The van der Waals surface area contributed by atoms with Gasteiger partial charge in [0.1, 0.15) is 0 Å². The van der Waals surface area contributed by atoms with Gasteiger partial charge in [0.15, 0.2) is 0 Å². The Balaban J connectivity index is 2.61. The van der Waals surface area contributed by atoms with Crippen LogP contribution in [0.4, 0.5) is 0 Å². The normalized spacial score (nSPS) is 12.2. The van der Waals surface area contributed by atoms with Crippen molar-refractivity contribution in [3.05, 3.63) is 29.6 Å². The van der Waals surface area contributed by atoms with Crippen LogP contribution in [0.2, 0.25) is 0 Å². The van der Waals surface area contributed by atoms with E-state index in [-0.39, 0.29) is 29.9 Å². The second kappa shape index (κ2) is 6.14. The Kier molecular flexibility index (Phi) is 4.83. The molecule has 1 amide bonds. The molecule has 1 heterocycles. The minimum Gasteiger partial charge on any atom is -0.478 e. The number of hydrogen-bond donors (Lipinski definition) is 2. The van der Waals surface area contributed by atoms with Gasteiger partial charge in [0.2, 0.25) is 5.91 Å². The third-order valence-corrected chi connectivity index (χ3v) is 2.92. The van der Waals surface area contributed by atoms with Crippen molar-refractivity contribution in [2.24, 2.45) is 11.8 Å². The lowest BCUT2D eigenvalue weighted by Gasteiger charge is -2.15. The fourth-order valence-corrected chi connectivity index (χ4v) is 1.35. The number of carboxylic acids is 1. The predicted octanol–water partition coefficient (Wildman–Crippen LogP) is 1.69. The Morgan fingerprint density at radius 3 is 2.61 bits per heavy atom. The van der Waals surface area contributed by atoms with E-state index in [2.05, 4.69) is 10.3 Å². The van der Waals surface area contributed by atoms with Gasteiger partial charge in [-0.3, -0.25) is 9.78 Å². The molecular weight excluding hydrogens is 232 g/mol. The van der Waals surface area contributed by atoms with Crippen LogP contribution < -0.4 is 5.32 Å². The van der Waals surface area contributed by atoms with E-state index in [1.165, 1.54) is 18.3 Å². The van der Waals surface area contributed by atoms with Gasteiger partial charge in [-0.1, -0.05) is 20.8 Å². The number of hydrogen-bond acceptors (Lipinski definition) is 3. The van der Waals surface area contributed by atoms with E-state index in [0.29, 0.717) is 5.69 Å². The number of carboxylic acid groups (broad SMARTS) is 1. The van der Waals surface area contributed by atoms with Gasteiger partial charge in [-0.25, -0.2) is 4.79 Å². The monoisotopic (exact) mass is 250 g/mol. The molecule has 0 aliphatic carbocycles. The molecule has 0 fully saturated rings. The fourth-order valence-electron chi connectivity index (χ4n) is 1.35. The summed E-state index contributed by atoms with van der Waals surface area (Å²) in [6, 6.07) is 2.88. The Hall–Kier alpha value is -1.91. The first-order valence-electron chi connectivity index (χ1n) is 5.87. The molecule has 0 saturated carbocycles. The quantitative estimate of drug-likeness (QED) is 0.833. The number of amides is 1. The number of carbonyl (C=O) groups excluding carboxylic acids is 1. The lowest BCUT2D eigenvalue weighted by Crippen LogP contribution is -2.31. The number of aromatic nitrogens is 1. The molecule has 5 heteroatoms. The Labute approximate surface area is 106 Å². The van der Waals surface area contributed by atoms with Crippen LogP contribution >= 0.6 is 0 Å². The number of nitrogens with zero attached hydrogens (tertiary/aromatic N) is 1. The standard InChI is InChI=1S/C13H18N2O3/c1-8(2)9(3)12(16)15-7-11-6-10(13(17)18)4-5-14-11/h4-6,8-9H,7H2,1-3H3,(H,15,16)(H,17,18). The first-order valence-corrected chi connectivity index (χ1v) is 5.87. The van der Waals surface area contributed by atoms with Crippen molar-refractivity contribution in [2.75, 3.05) is 0 Å². The van der Waals surface area contributed by atoms with Crippen molar-refractivity contribution < 1.29 is 14.7 Å². The van der Waals surface area contributed by atoms with E-state index in [9.17, 15) is 9.59 Å². The molecule has 1 aromatic heterocycles. The molecule has 0 spiro atoms. The van der Waals surface area contributed by atoms with Gasteiger partial charge in [-0.2, -0.15) is 0 Å². The van der Waals surface area contributed by atoms with Gasteiger partial charge < -0.3 is 10.4 Å². The lowest BCUT2D eigenvalue weighted by molar-refractivity contribution is -0.125. The molecule has 1 aromatic rings. The summed E-state index contributed by atoms with van der Waals surface area (Å²) in [5.41, 5.74) is 0.713. The van der Waals surface area contributed by atoms with Crippen molar-refractivity contribution in [1.82, 2.24) is 10.3 Å². The van der Waals surface area contributed by atoms with Gasteiger partial charge in [-0.15, -0.1) is 0 Å². The number of rotatable bonds is 5. The average Bonchev–Trinajstić information content (AvgIpc) is 2.35. The Morgan fingerprint density at radius 1 is 1.39 bits per heavy atom. The van der Waals surface area contributed by atoms with Gasteiger partial charge in [0, 0.05) is 12.1 Å². The van der Waals surface area contributed by atoms with E-state index in [1.807, 2.05) is 20.8 Å². The zero-order valence-electron chi connectivity index (χ0n) is 10.8. The van der Waals surface area contributed by atoms with Crippen LogP contribution in [0.25, 0.3) is 0 Å². The van der Waals surface area contributed by atoms with Gasteiger partial charge in [-0.05, 0) is 18.1 Å². The molecule has 2 N–H and O–H groups in total. The predicted molar refractivity (Wildman–Crippen MR) is 67.0 cm³/mol. The molecule has 0 aromatic carbocycles. The van der Waals surface area contributed by atoms with Crippen molar-refractivity contribution in [2.45, 2.75) is 27.3 Å². The highest BCUT2D eigenvalue weighted by molar-refractivity contribution is 5.87. The van der Waals surface area contributed by atoms with Crippen LogP contribution in [-0.4, -0.2) is 22.0 Å². The van der Waals surface area contributed by atoms with Gasteiger partial charge in [0.25, 0.3) is 0 Å². The van der Waals surface area contributed by atoms with Crippen molar-refractivity contribution in [3.63, 3.8) is 0 Å². The maximum atomic E-state index is 11.7. The summed E-state index contributed by atoms with van der Waals surface area (Å²) in [5.74, 6) is -0.857. The summed E-state index contributed by atoms with van der Waals surface area (Å²) in [4.78, 5) is 26.5. The second-order valence-electron chi connectivity index (χ2n) is 4.59. The van der Waals surface area contributed by atoms with Crippen LogP contribution in [0.5, 0.6) is 0 Å². The van der Waals surface area contributed by atoms with Crippen LogP contribution in [0.3, 0.4) is 0 Å². The first kappa shape index (κ1) is 14.2. The molecule has 0 bridgehead atoms. The summed E-state index contributed by atoms with van der Waals surface area (Å²) >= 11 is 0. The number of pyridine rings is 1. The molecule has 0 radical (unpaired) electrons. The summed E-state index contributed by atoms with van der Waals surface area (Å²) in [5, 5.41) is 11.6. The van der Waals surface area contributed by atoms with Crippen LogP contribution in [0, 0.1) is 11.8 Å². The van der Waals surface area contributed by atoms with Gasteiger partial charge >= 0.3 is 5.97 Å². The number of aromatic carboxylic acids is 1. The largest absolute Gasteiger partial charge is 0.478 e. The zero-order valence-corrected chi connectivity index (χ0v) is 10.8. The Bertz CT molecular complexity index is 444. The molecule has 1 unspecified atom stereocenters. The van der Waals surface area contributed by atoms with E-state index in [0.717, 1.165) is 0 Å². The fraction of sp³-hybridized carbons (Fsp3) is 0.462. The van der Waals surface area contributed by atoms with E-state index >= 15 is 0 Å². The minimum atomic E-state index is -1.000. The molecule has 0 saturated heterocycles. The number of carbonyl (C=O) groups is 2. The second-order valence-corrected chi connectivity index (χ2v) is 4.59. The van der Waals surface area contributed by atoms with E-state index < -0.39 is 5.97 Å². The first-order chi connectivity index (χ1) is 8.41. The highest BCUT2D eigenvalue weighted by atomic mass is 16.4. The lowest BCUT2D eigenvalue weighted by atomic mass is 9.97. The van der Waals surface area contributed by atoms with Crippen molar-refractivity contribution >= 4 is 11.9 Å². The topological polar surface area (TPSA) is 79.3 Å². The van der Waals surface area contributed by atoms with Crippen LogP contribution in [-0.2, 0) is 11.3 Å². The highest BCUT2D eigenvalue weighted by Crippen LogP contribution is 2.09. The SMILES string of the molecule is CC(C)C(C)C(=O)NCc1cc(C(=O)O)ccn1. The van der Waals surface area contributed by atoms with E-state index in [4.69, 9.17) is 5.11 Å². The minimum absolute atomic E-state index is 0.0486. The van der Waals surface area contributed by atoms with Crippen LogP contribution in [0.15, 0.2) is 18.3 Å². The molecule has 1 rings (SSSR count).